The summed E-state index contributed by atoms with van der Waals surface area (Å²) in [6, 6.07) is 8.24. The average molecular weight is 529 g/mol. The highest BCUT2D eigenvalue weighted by atomic mass is 32.1. The average Bonchev–Trinajstić information content (AvgIpc) is 3.45. The Labute approximate surface area is 207 Å². The van der Waals surface area contributed by atoms with Gasteiger partial charge in [0.2, 0.25) is 0 Å². The third kappa shape index (κ3) is 6.51. The van der Waals surface area contributed by atoms with Crippen LogP contribution in [0.3, 0.4) is 0 Å². The van der Waals surface area contributed by atoms with E-state index in [-0.39, 0.29) is 11.7 Å². The van der Waals surface area contributed by atoms with E-state index >= 15 is 0 Å². The lowest BCUT2D eigenvalue weighted by Crippen LogP contribution is -2.11. The molecule has 12 heteroatoms. The van der Waals surface area contributed by atoms with Crippen molar-refractivity contribution in [2.24, 2.45) is 0 Å². The predicted octanol–water partition coefficient (Wildman–Crippen LogP) is 8.01. The van der Waals surface area contributed by atoms with Crippen LogP contribution in [0.2, 0.25) is 0 Å². The van der Waals surface area contributed by atoms with Crippen LogP contribution in [-0.4, -0.2) is 33.2 Å². The molecule has 3 heterocycles. The van der Waals surface area contributed by atoms with Gasteiger partial charge in [0.05, 0.1) is 23.0 Å². The first-order valence-electron chi connectivity index (χ1n) is 10.5. The summed E-state index contributed by atoms with van der Waals surface area (Å²) in [7, 11) is 0.500. The zero-order valence-electron chi connectivity index (χ0n) is 19.6. The molecule has 0 aliphatic heterocycles. The molecule has 0 radical (unpaired) electrons. The number of hydrogen-bond acceptors (Lipinski definition) is 7. The van der Waals surface area contributed by atoms with Crippen molar-refractivity contribution in [3.05, 3.63) is 52.5 Å². The van der Waals surface area contributed by atoms with Gasteiger partial charge in [-0.25, -0.2) is 19.7 Å². The largest absolute Gasteiger partial charge is 0.478 e. The Morgan fingerprint density at radius 1 is 1.09 bits per heavy atom. The molecule has 0 fully saturated rings. The second-order valence-electron chi connectivity index (χ2n) is 6.92. The van der Waals surface area contributed by atoms with Crippen LogP contribution in [0, 0.1) is 0 Å². The van der Waals surface area contributed by atoms with Crippen LogP contribution in [0.1, 0.15) is 54.4 Å². The number of para-hydroxylation sites is 1. The summed E-state index contributed by atoms with van der Waals surface area (Å²) in [5.74, 6) is -1.62. The minimum Gasteiger partial charge on any atom is -0.478 e. The Hall–Kier alpha value is -3.12. The Morgan fingerprint density at radius 3 is 2.31 bits per heavy atom. The van der Waals surface area contributed by atoms with Crippen LogP contribution in [0.4, 0.5) is 28.5 Å². The van der Waals surface area contributed by atoms with E-state index in [1.807, 2.05) is 52.0 Å². The first kappa shape index (κ1) is 28.1. The van der Waals surface area contributed by atoms with E-state index in [0.29, 0.717) is 35.3 Å². The van der Waals surface area contributed by atoms with Gasteiger partial charge in [0.15, 0.2) is 5.13 Å². The topological polar surface area (TPSA) is 88.0 Å². The van der Waals surface area contributed by atoms with Gasteiger partial charge in [-0.2, -0.15) is 13.2 Å². The molecule has 0 aliphatic carbocycles. The molecule has 35 heavy (non-hydrogen) atoms. The first-order chi connectivity index (χ1) is 16.6. The van der Waals surface area contributed by atoms with E-state index in [0.717, 1.165) is 15.1 Å². The molecule has 0 atom stereocenters. The molecule has 0 amide bonds. The predicted molar refractivity (Wildman–Crippen MR) is 133 cm³/mol. The molecule has 0 saturated heterocycles. The standard InChI is InChI=1S/C20H15F3N4O2S2.C2H6.CH3F/c1-9(2)15-14(17-25-12-5-3-4-6-13(12)30-17)26-19(31-15)27-16-11(18(28)29)7-10(8-24-16)20(21,22)23;2*1-2/h3-9H,1-2H3,(H,28,29)(H,24,26,27);1-2H3;1H3. The van der Waals surface area contributed by atoms with E-state index < -0.39 is 23.3 Å². The number of anilines is 2. The highest BCUT2D eigenvalue weighted by Crippen LogP contribution is 2.40. The molecule has 2 N–H and O–H groups in total. The second-order valence-corrected chi connectivity index (χ2v) is 8.98. The minimum absolute atomic E-state index is 0.106. The van der Waals surface area contributed by atoms with Crippen molar-refractivity contribution in [3.63, 3.8) is 0 Å². The number of nitrogens with one attached hydrogen (secondary N) is 1. The molecular weight excluding hydrogens is 504 g/mol. The zero-order chi connectivity index (χ0) is 26.3. The number of carboxylic acids is 1. The van der Waals surface area contributed by atoms with E-state index in [9.17, 15) is 27.5 Å². The van der Waals surface area contributed by atoms with Gasteiger partial charge < -0.3 is 10.4 Å². The number of aromatic carboxylic acids is 1. The molecule has 0 saturated carbocycles. The van der Waals surface area contributed by atoms with E-state index in [4.69, 9.17) is 0 Å². The summed E-state index contributed by atoms with van der Waals surface area (Å²) in [5, 5.41) is 13.2. The molecule has 0 bridgehead atoms. The highest BCUT2D eigenvalue weighted by molar-refractivity contribution is 7.22. The van der Waals surface area contributed by atoms with Crippen LogP contribution in [0.25, 0.3) is 20.9 Å². The Morgan fingerprint density at radius 2 is 1.74 bits per heavy atom. The molecule has 4 rings (SSSR count). The van der Waals surface area contributed by atoms with Gasteiger partial charge in [-0.1, -0.05) is 39.8 Å². The number of thiazole rings is 2. The minimum atomic E-state index is -4.69. The van der Waals surface area contributed by atoms with Crippen molar-refractivity contribution in [2.75, 3.05) is 12.5 Å². The summed E-state index contributed by atoms with van der Waals surface area (Å²) >= 11 is 2.77. The molecule has 188 valence electrons. The fraction of sp³-hybridized carbons (Fsp3) is 0.304. The Bertz CT molecular complexity index is 1250. The summed E-state index contributed by atoms with van der Waals surface area (Å²) in [4.78, 5) is 25.3. The fourth-order valence-corrected chi connectivity index (χ4v) is 4.89. The van der Waals surface area contributed by atoms with Gasteiger partial charge in [0, 0.05) is 11.1 Å². The molecule has 4 aromatic rings. The molecule has 6 nitrogen and oxygen atoms in total. The Kier molecular flexibility index (Phi) is 9.66. The normalized spacial score (nSPS) is 10.9. The number of fused-ring (bicyclic) bond motifs is 1. The van der Waals surface area contributed by atoms with Gasteiger partial charge in [0.25, 0.3) is 0 Å². The van der Waals surface area contributed by atoms with Gasteiger partial charge >= 0.3 is 12.1 Å². The van der Waals surface area contributed by atoms with Crippen molar-refractivity contribution in [3.8, 4) is 10.7 Å². The maximum absolute atomic E-state index is 12.9. The molecular formula is C23H24F4N4O2S2. The number of pyridine rings is 1. The summed E-state index contributed by atoms with van der Waals surface area (Å²) < 4.78 is 49.3. The number of halogens is 4. The molecule has 3 aromatic heterocycles. The van der Waals surface area contributed by atoms with E-state index in [1.165, 1.54) is 22.7 Å². The summed E-state index contributed by atoms with van der Waals surface area (Å²) in [6.45, 7) is 7.99. The number of nitrogens with zero attached hydrogens (tertiary/aromatic N) is 3. The number of carbonyl (C=O) groups is 1. The Balaban J connectivity index is 0.00000103. The summed E-state index contributed by atoms with van der Waals surface area (Å²) in [5.41, 5.74) is -0.213. The van der Waals surface area contributed by atoms with E-state index in [2.05, 4.69) is 20.3 Å². The van der Waals surface area contributed by atoms with Crippen LogP contribution in [-0.2, 0) is 6.18 Å². The van der Waals surface area contributed by atoms with Crippen molar-refractivity contribution in [2.45, 2.75) is 39.8 Å². The maximum Gasteiger partial charge on any atom is 0.417 e. The number of hydrogen-bond donors (Lipinski definition) is 2. The SMILES string of the molecule is CC.CC(C)c1sc(Nc2ncc(C(F)(F)F)cc2C(=O)O)nc1-c1nc2ccccc2s1.CF. The number of rotatable bonds is 5. The first-order valence-corrected chi connectivity index (χ1v) is 12.1. The number of carboxylic acid groups (broad SMARTS) is 1. The number of aromatic nitrogens is 3. The smallest absolute Gasteiger partial charge is 0.417 e. The van der Waals surface area contributed by atoms with Crippen molar-refractivity contribution in [1.82, 2.24) is 15.0 Å². The zero-order valence-corrected chi connectivity index (χ0v) is 21.2. The summed E-state index contributed by atoms with van der Waals surface area (Å²) in [6.07, 6.45) is -4.10. The van der Waals surface area contributed by atoms with Crippen molar-refractivity contribution < 1.29 is 27.5 Å². The quantitative estimate of drug-likeness (QED) is 0.255. The number of benzene rings is 1. The third-order valence-corrected chi connectivity index (χ3v) is 6.66. The number of alkyl halides is 4. The van der Waals surface area contributed by atoms with Gasteiger partial charge in [-0.15, -0.1) is 22.7 Å². The van der Waals surface area contributed by atoms with Gasteiger partial charge in [-0.05, 0) is 24.1 Å². The van der Waals surface area contributed by atoms with Crippen molar-refractivity contribution >= 4 is 49.8 Å². The van der Waals surface area contributed by atoms with E-state index in [1.54, 1.807) is 0 Å². The molecule has 0 aliphatic rings. The third-order valence-electron chi connectivity index (χ3n) is 4.34. The van der Waals surface area contributed by atoms with Gasteiger partial charge in [-0.3, -0.25) is 4.39 Å². The monoisotopic (exact) mass is 528 g/mol. The lowest BCUT2D eigenvalue weighted by molar-refractivity contribution is -0.137. The lowest BCUT2D eigenvalue weighted by atomic mass is 10.1. The van der Waals surface area contributed by atoms with Crippen LogP contribution < -0.4 is 5.32 Å². The lowest BCUT2D eigenvalue weighted by Gasteiger charge is -2.10. The van der Waals surface area contributed by atoms with Crippen LogP contribution in [0.15, 0.2) is 36.5 Å². The fourth-order valence-electron chi connectivity index (χ4n) is 2.89. The van der Waals surface area contributed by atoms with Crippen molar-refractivity contribution in [1.29, 1.82) is 0 Å². The van der Waals surface area contributed by atoms with Gasteiger partial charge in [0.1, 0.15) is 22.1 Å². The molecule has 0 unspecified atom stereocenters. The highest BCUT2D eigenvalue weighted by Gasteiger charge is 2.33. The van der Waals surface area contributed by atoms with Crippen LogP contribution in [0.5, 0.6) is 0 Å². The maximum atomic E-state index is 12.9. The molecule has 1 aromatic carbocycles. The molecule has 0 spiro atoms. The second kappa shape index (κ2) is 12.0. The van der Waals surface area contributed by atoms with Crippen LogP contribution >= 0.6 is 22.7 Å².